The van der Waals surface area contributed by atoms with Crippen LogP contribution in [-0.2, 0) is 19.4 Å². The summed E-state index contributed by atoms with van der Waals surface area (Å²) in [4.78, 5) is 10.8. The van der Waals surface area contributed by atoms with Gasteiger partial charge in [-0.3, -0.25) is 0 Å². The van der Waals surface area contributed by atoms with Crippen LogP contribution in [0.15, 0.2) is 18.3 Å². The fourth-order valence-corrected chi connectivity index (χ4v) is 4.41. The van der Waals surface area contributed by atoms with Crippen LogP contribution in [0.1, 0.15) is 30.2 Å². The van der Waals surface area contributed by atoms with Crippen LogP contribution in [0.3, 0.4) is 0 Å². The molecule has 0 radical (unpaired) electrons. The minimum absolute atomic E-state index is 0.910. The molecule has 0 aromatic carbocycles. The van der Waals surface area contributed by atoms with Crippen molar-refractivity contribution in [2.75, 3.05) is 5.73 Å². The van der Waals surface area contributed by atoms with E-state index < -0.39 is 0 Å². The number of anilines is 1. The molecule has 0 fully saturated rings. The van der Waals surface area contributed by atoms with Crippen molar-refractivity contribution < 1.29 is 0 Å². The average Bonchev–Trinajstić information content (AvgIpc) is 3.13. The molecular formula is C16H18N4S. The van der Waals surface area contributed by atoms with Crippen molar-refractivity contribution in [2.24, 2.45) is 0 Å². The summed E-state index contributed by atoms with van der Waals surface area (Å²) in [5.41, 5.74) is 10.8. The first-order chi connectivity index (χ1) is 10.3. The fourth-order valence-electron chi connectivity index (χ4n) is 3.26. The summed E-state index contributed by atoms with van der Waals surface area (Å²) >= 11 is 1.74. The van der Waals surface area contributed by atoms with Gasteiger partial charge in [0.1, 0.15) is 11.3 Å². The molecule has 3 aromatic heterocycles. The van der Waals surface area contributed by atoms with Crippen LogP contribution >= 0.6 is 11.3 Å². The monoisotopic (exact) mass is 298 g/mol. The van der Waals surface area contributed by atoms with E-state index in [-0.39, 0.29) is 0 Å². The molecule has 108 valence electrons. The highest BCUT2D eigenvalue weighted by Crippen LogP contribution is 2.43. The number of imidazole rings is 1. The molecule has 0 atom stereocenters. The number of nitrogens with zero attached hydrogens (tertiary/aromatic N) is 3. The predicted molar refractivity (Wildman–Crippen MR) is 87.6 cm³/mol. The number of fused-ring (bicyclic) bond motifs is 2. The molecule has 0 bridgehead atoms. The number of thiophene rings is 1. The van der Waals surface area contributed by atoms with Gasteiger partial charge in [0.2, 0.25) is 0 Å². The van der Waals surface area contributed by atoms with Crippen LogP contribution in [0.25, 0.3) is 22.6 Å². The lowest BCUT2D eigenvalue weighted by Gasteiger charge is -2.08. The normalized spacial score (nSPS) is 14.0. The van der Waals surface area contributed by atoms with E-state index in [1.165, 1.54) is 22.4 Å². The Morgan fingerprint density at radius 3 is 3.14 bits per heavy atom. The topological polar surface area (TPSA) is 56.7 Å². The molecule has 0 unspecified atom stereocenters. The van der Waals surface area contributed by atoms with Gasteiger partial charge < -0.3 is 10.3 Å². The highest BCUT2D eigenvalue weighted by molar-refractivity contribution is 7.16. The van der Waals surface area contributed by atoms with Gasteiger partial charge in [0, 0.05) is 17.6 Å². The molecule has 0 amide bonds. The number of nitrogens with two attached hydrogens (primary N) is 1. The Labute approximate surface area is 127 Å². The lowest BCUT2D eigenvalue weighted by molar-refractivity contribution is 0.698. The predicted octanol–water partition coefficient (Wildman–Crippen LogP) is 3.64. The lowest BCUT2D eigenvalue weighted by Crippen LogP contribution is -2.02. The van der Waals surface area contributed by atoms with Crippen molar-refractivity contribution in [2.45, 2.75) is 39.2 Å². The van der Waals surface area contributed by atoms with Crippen molar-refractivity contribution in [3.05, 3.63) is 28.8 Å². The first-order valence-electron chi connectivity index (χ1n) is 7.51. The first kappa shape index (κ1) is 12.8. The Balaban J connectivity index is 2.00. The summed E-state index contributed by atoms with van der Waals surface area (Å²) in [5, 5.41) is 0.910. The Morgan fingerprint density at radius 1 is 1.38 bits per heavy atom. The summed E-state index contributed by atoms with van der Waals surface area (Å²) in [5.74, 6) is 1.00. The second kappa shape index (κ2) is 4.84. The zero-order valence-corrected chi connectivity index (χ0v) is 12.9. The van der Waals surface area contributed by atoms with Gasteiger partial charge in [-0.05, 0) is 43.4 Å². The van der Waals surface area contributed by atoms with Crippen LogP contribution in [0.4, 0.5) is 5.00 Å². The summed E-state index contributed by atoms with van der Waals surface area (Å²) in [7, 11) is 0. The molecular weight excluding hydrogens is 280 g/mol. The fraction of sp³-hybridized carbons (Fsp3) is 0.375. The Hall–Kier alpha value is -1.88. The van der Waals surface area contributed by atoms with E-state index >= 15 is 0 Å². The highest BCUT2D eigenvalue weighted by atomic mass is 32.1. The molecule has 0 aliphatic heterocycles. The third-order valence-corrected chi connectivity index (χ3v) is 5.24. The van der Waals surface area contributed by atoms with Crippen molar-refractivity contribution >= 4 is 27.5 Å². The molecule has 3 aromatic rings. The van der Waals surface area contributed by atoms with Gasteiger partial charge in [0.05, 0.1) is 10.6 Å². The van der Waals surface area contributed by atoms with E-state index in [9.17, 15) is 0 Å². The van der Waals surface area contributed by atoms with Gasteiger partial charge in [-0.15, -0.1) is 11.3 Å². The second-order valence-electron chi connectivity index (χ2n) is 5.53. The molecule has 0 saturated heterocycles. The Kier molecular flexibility index (Phi) is 2.96. The van der Waals surface area contributed by atoms with E-state index in [4.69, 9.17) is 10.7 Å². The quantitative estimate of drug-likeness (QED) is 0.803. The van der Waals surface area contributed by atoms with Gasteiger partial charge in [0.15, 0.2) is 5.65 Å². The van der Waals surface area contributed by atoms with E-state index in [0.717, 1.165) is 47.8 Å². The first-order valence-corrected chi connectivity index (χ1v) is 8.33. The standard InChI is InChI=1S/C16H18N4S/c1-2-9-20-15-11(6-4-8-18-15)19-16(20)13-10-5-3-7-12(10)21-14(13)17/h4,6,8H,2-3,5,7,9,17H2,1H3. The number of rotatable bonds is 3. The third-order valence-electron chi connectivity index (χ3n) is 4.12. The second-order valence-corrected chi connectivity index (χ2v) is 6.67. The van der Waals surface area contributed by atoms with Gasteiger partial charge in [-0.1, -0.05) is 6.92 Å². The zero-order valence-electron chi connectivity index (χ0n) is 12.1. The molecule has 0 spiro atoms. The maximum atomic E-state index is 6.32. The average molecular weight is 298 g/mol. The number of hydrogen-bond donors (Lipinski definition) is 1. The van der Waals surface area contributed by atoms with E-state index in [0.29, 0.717) is 0 Å². The van der Waals surface area contributed by atoms with Gasteiger partial charge >= 0.3 is 0 Å². The molecule has 21 heavy (non-hydrogen) atoms. The minimum Gasteiger partial charge on any atom is -0.390 e. The van der Waals surface area contributed by atoms with Crippen LogP contribution in [0.5, 0.6) is 0 Å². The number of pyridine rings is 1. The highest BCUT2D eigenvalue weighted by Gasteiger charge is 2.25. The molecule has 3 heterocycles. The Bertz CT molecular complexity index is 815. The van der Waals surface area contributed by atoms with Crippen molar-refractivity contribution in [1.29, 1.82) is 0 Å². The third kappa shape index (κ3) is 1.87. The SMILES string of the molecule is CCCn1c(-c2c(N)sc3c2CCC3)nc2cccnc21. The van der Waals surface area contributed by atoms with Crippen LogP contribution in [-0.4, -0.2) is 14.5 Å². The lowest BCUT2D eigenvalue weighted by atomic mass is 10.1. The van der Waals surface area contributed by atoms with E-state index in [1.807, 2.05) is 18.3 Å². The molecule has 2 N–H and O–H groups in total. The minimum atomic E-state index is 0.910. The Morgan fingerprint density at radius 2 is 2.29 bits per heavy atom. The van der Waals surface area contributed by atoms with Crippen LogP contribution in [0.2, 0.25) is 0 Å². The largest absolute Gasteiger partial charge is 0.390 e. The summed E-state index contributed by atoms with van der Waals surface area (Å²) in [6.45, 7) is 3.10. The van der Waals surface area contributed by atoms with Gasteiger partial charge in [-0.25, -0.2) is 9.97 Å². The summed E-state index contributed by atoms with van der Waals surface area (Å²) in [6, 6.07) is 3.97. The van der Waals surface area contributed by atoms with Gasteiger partial charge in [0.25, 0.3) is 0 Å². The number of nitrogen functional groups attached to an aromatic ring is 1. The molecule has 1 aliphatic carbocycles. The maximum Gasteiger partial charge on any atom is 0.160 e. The van der Waals surface area contributed by atoms with Crippen molar-refractivity contribution in [3.8, 4) is 11.4 Å². The number of aryl methyl sites for hydroxylation is 2. The van der Waals surface area contributed by atoms with Crippen LogP contribution in [0, 0.1) is 0 Å². The van der Waals surface area contributed by atoms with Crippen molar-refractivity contribution in [1.82, 2.24) is 14.5 Å². The number of hydrogen-bond acceptors (Lipinski definition) is 4. The summed E-state index contributed by atoms with van der Waals surface area (Å²) in [6.07, 6.45) is 6.42. The zero-order chi connectivity index (χ0) is 14.4. The van der Waals surface area contributed by atoms with Crippen molar-refractivity contribution in [3.63, 3.8) is 0 Å². The van der Waals surface area contributed by atoms with E-state index in [1.54, 1.807) is 11.3 Å². The molecule has 5 heteroatoms. The summed E-state index contributed by atoms with van der Waals surface area (Å²) < 4.78 is 2.23. The van der Waals surface area contributed by atoms with Crippen LogP contribution < -0.4 is 5.73 Å². The molecule has 1 aliphatic rings. The molecule has 0 saturated carbocycles. The maximum absolute atomic E-state index is 6.32. The van der Waals surface area contributed by atoms with Gasteiger partial charge in [-0.2, -0.15) is 0 Å². The smallest absolute Gasteiger partial charge is 0.160 e. The van der Waals surface area contributed by atoms with E-state index in [2.05, 4.69) is 16.5 Å². The molecule has 4 nitrogen and oxygen atoms in total. The molecule has 4 rings (SSSR count). The number of aromatic nitrogens is 3.